The zero-order chi connectivity index (χ0) is 12.5. The lowest BCUT2D eigenvalue weighted by atomic mass is 9.92. The van der Waals surface area contributed by atoms with Gasteiger partial charge in [-0.25, -0.2) is 4.98 Å². The van der Waals surface area contributed by atoms with Crippen LogP contribution in [0.4, 0.5) is 0 Å². The smallest absolute Gasteiger partial charge is 0.112 e. The Morgan fingerprint density at radius 2 is 2.00 bits per heavy atom. The van der Waals surface area contributed by atoms with Gasteiger partial charge in [-0.3, -0.25) is 0 Å². The van der Waals surface area contributed by atoms with Crippen LogP contribution in [0.5, 0.6) is 0 Å². The van der Waals surface area contributed by atoms with E-state index >= 15 is 0 Å². The Morgan fingerprint density at radius 1 is 1.22 bits per heavy atom. The highest BCUT2D eigenvalue weighted by atomic mass is 15.1. The monoisotopic (exact) mass is 247 g/mol. The fourth-order valence-corrected chi connectivity index (χ4v) is 3.50. The predicted octanol–water partition coefficient (Wildman–Crippen LogP) is 2.66. The molecule has 2 aliphatic heterocycles. The molecule has 0 spiro atoms. The fourth-order valence-electron chi connectivity index (χ4n) is 3.50. The van der Waals surface area contributed by atoms with Crippen LogP contribution in [0.3, 0.4) is 0 Å². The third-order valence-electron chi connectivity index (χ3n) is 4.89. The summed E-state index contributed by atoms with van der Waals surface area (Å²) in [6.07, 6.45) is 8.62. The van der Waals surface area contributed by atoms with Crippen LogP contribution in [0.25, 0.3) is 0 Å². The third kappa shape index (κ3) is 2.20. The van der Waals surface area contributed by atoms with E-state index in [-0.39, 0.29) is 0 Å². The number of nitrogens with zero attached hydrogens (tertiary/aromatic N) is 3. The van der Waals surface area contributed by atoms with Gasteiger partial charge in [0.05, 0.1) is 0 Å². The zero-order valence-electron chi connectivity index (χ0n) is 11.7. The maximum absolute atomic E-state index is 4.76. The van der Waals surface area contributed by atoms with Crippen LogP contribution in [-0.4, -0.2) is 34.6 Å². The van der Waals surface area contributed by atoms with Crippen LogP contribution in [0.15, 0.2) is 6.20 Å². The molecule has 1 fully saturated rings. The molecule has 1 atom stereocenters. The number of piperidine rings is 1. The number of hydrogen-bond donors (Lipinski definition) is 0. The number of rotatable bonds is 2. The Balaban J connectivity index is 1.76. The van der Waals surface area contributed by atoms with Gasteiger partial charge < -0.3 is 9.47 Å². The molecule has 0 aromatic carbocycles. The van der Waals surface area contributed by atoms with Gasteiger partial charge in [-0.1, -0.05) is 13.3 Å². The van der Waals surface area contributed by atoms with Gasteiger partial charge in [0.25, 0.3) is 0 Å². The first-order valence-electron chi connectivity index (χ1n) is 7.50. The minimum atomic E-state index is 0.702. The van der Waals surface area contributed by atoms with E-state index in [0.717, 1.165) is 5.92 Å². The molecule has 0 aliphatic carbocycles. The van der Waals surface area contributed by atoms with E-state index < -0.39 is 0 Å². The second kappa shape index (κ2) is 5.04. The first kappa shape index (κ1) is 12.2. The molecule has 3 heterocycles. The SMILES string of the molecule is CCC1CCn2c(cnc2C2CCN(C)CC2)C1. The standard InChI is InChI=1S/C15H25N3/c1-3-12-4-9-18-14(10-12)11-16-15(18)13-5-7-17(2)8-6-13/h11-13H,3-10H2,1-2H3. The molecular formula is C15H25N3. The molecule has 3 heteroatoms. The average Bonchev–Trinajstić information content (AvgIpc) is 2.82. The lowest BCUT2D eigenvalue weighted by Gasteiger charge is -2.30. The summed E-state index contributed by atoms with van der Waals surface area (Å²) in [6.45, 7) is 5.97. The van der Waals surface area contributed by atoms with E-state index in [2.05, 4.69) is 29.6 Å². The van der Waals surface area contributed by atoms with Crippen molar-refractivity contribution in [2.45, 2.75) is 51.5 Å². The van der Waals surface area contributed by atoms with E-state index in [1.165, 1.54) is 63.3 Å². The van der Waals surface area contributed by atoms with Crippen molar-refractivity contribution in [1.29, 1.82) is 0 Å². The summed E-state index contributed by atoms with van der Waals surface area (Å²) in [4.78, 5) is 7.19. The minimum Gasteiger partial charge on any atom is -0.332 e. The molecule has 18 heavy (non-hydrogen) atoms. The first-order chi connectivity index (χ1) is 8.78. The van der Waals surface area contributed by atoms with E-state index in [4.69, 9.17) is 4.98 Å². The molecule has 100 valence electrons. The normalized spacial score (nSPS) is 26.2. The van der Waals surface area contributed by atoms with E-state index in [9.17, 15) is 0 Å². The summed E-state index contributed by atoms with van der Waals surface area (Å²) in [5.74, 6) is 2.97. The Kier molecular flexibility index (Phi) is 3.42. The lowest BCUT2D eigenvalue weighted by Crippen LogP contribution is -2.31. The number of fused-ring (bicyclic) bond motifs is 1. The quantitative estimate of drug-likeness (QED) is 0.801. The van der Waals surface area contributed by atoms with Crippen molar-refractivity contribution in [2.75, 3.05) is 20.1 Å². The van der Waals surface area contributed by atoms with E-state index in [1.807, 2.05) is 0 Å². The third-order valence-corrected chi connectivity index (χ3v) is 4.89. The summed E-state index contributed by atoms with van der Waals surface area (Å²) in [6, 6.07) is 0. The van der Waals surface area contributed by atoms with Crippen molar-refractivity contribution < 1.29 is 0 Å². The summed E-state index contributed by atoms with van der Waals surface area (Å²) in [7, 11) is 2.23. The maximum Gasteiger partial charge on any atom is 0.112 e. The lowest BCUT2D eigenvalue weighted by molar-refractivity contribution is 0.246. The van der Waals surface area contributed by atoms with Gasteiger partial charge in [-0.05, 0) is 51.7 Å². The van der Waals surface area contributed by atoms with Crippen LogP contribution in [0, 0.1) is 5.92 Å². The molecule has 1 aromatic heterocycles. The van der Waals surface area contributed by atoms with Crippen LogP contribution < -0.4 is 0 Å². The number of hydrogen-bond acceptors (Lipinski definition) is 2. The van der Waals surface area contributed by atoms with Gasteiger partial charge in [0.2, 0.25) is 0 Å². The van der Waals surface area contributed by atoms with Crippen LogP contribution in [0.2, 0.25) is 0 Å². The molecule has 0 bridgehead atoms. The largest absolute Gasteiger partial charge is 0.332 e. The second-order valence-electron chi connectivity index (χ2n) is 6.10. The van der Waals surface area contributed by atoms with Crippen LogP contribution in [-0.2, 0) is 13.0 Å². The highest BCUT2D eigenvalue weighted by molar-refractivity contribution is 5.13. The number of imidazole rings is 1. The number of likely N-dealkylation sites (tertiary alicyclic amines) is 1. The Bertz CT molecular complexity index is 402. The van der Waals surface area contributed by atoms with Crippen molar-refractivity contribution in [3.8, 4) is 0 Å². The highest BCUT2D eigenvalue weighted by Crippen LogP contribution is 2.31. The van der Waals surface area contributed by atoms with Gasteiger partial charge in [0, 0.05) is 24.4 Å². The fraction of sp³-hybridized carbons (Fsp3) is 0.800. The molecule has 0 saturated carbocycles. The van der Waals surface area contributed by atoms with E-state index in [1.54, 1.807) is 0 Å². The van der Waals surface area contributed by atoms with Gasteiger partial charge in [-0.15, -0.1) is 0 Å². The second-order valence-corrected chi connectivity index (χ2v) is 6.10. The van der Waals surface area contributed by atoms with Gasteiger partial charge in [0.1, 0.15) is 5.82 Å². The van der Waals surface area contributed by atoms with Crippen LogP contribution in [0.1, 0.15) is 50.0 Å². The molecule has 3 nitrogen and oxygen atoms in total. The molecule has 2 aliphatic rings. The molecule has 0 radical (unpaired) electrons. The molecule has 1 saturated heterocycles. The molecular weight excluding hydrogens is 222 g/mol. The summed E-state index contributed by atoms with van der Waals surface area (Å²) >= 11 is 0. The average molecular weight is 247 g/mol. The maximum atomic E-state index is 4.76. The Morgan fingerprint density at radius 3 is 2.72 bits per heavy atom. The topological polar surface area (TPSA) is 21.1 Å². The summed E-state index contributed by atoms with van der Waals surface area (Å²) < 4.78 is 2.53. The Hall–Kier alpha value is -0.830. The molecule has 1 aromatic rings. The van der Waals surface area contributed by atoms with E-state index in [0.29, 0.717) is 5.92 Å². The molecule has 0 amide bonds. The predicted molar refractivity (Wildman–Crippen MR) is 73.8 cm³/mol. The Labute approximate surface area is 110 Å². The number of aromatic nitrogens is 2. The minimum absolute atomic E-state index is 0.702. The summed E-state index contributed by atoms with van der Waals surface area (Å²) in [5, 5.41) is 0. The van der Waals surface area contributed by atoms with Crippen molar-refractivity contribution in [3.05, 3.63) is 17.7 Å². The van der Waals surface area contributed by atoms with Crippen LogP contribution >= 0.6 is 0 Å². The molecule has 3 rings (SSSR count). The first-order valence-corrected chi connectivity index (χ1v) is 7.50. The summed E-state index contributed by atoms with van der Waals surface area (Å²) in [5.41, 5.74) is 1.49. The van der Waals surface area contributed by atoms with Crippen molar-refractivity contribution in [1.82, 2.24) is 14.5 Å². The van der Waals surface area contributed by atoms with Crippen molar-refractivity contribution >= 4 is 0 Å². The molecule has 1 unspecified atom stereocenters. The highest BCUT2D eigenvalue weighted by Gasteiger charge is 2.26. The van der Waals surface area contributed by atoms with Crippen molar-refractivity contribution in [2.24, 2.45) is 5.92 Å². The van der Waals surface area contributed by atoms with Gasteiger partial charge in [0.15, 0.2) is 0 Å². The van der Waals surface area contributed by atoms with Crippen molar-refractivity contribution in [3.63, 3.8) is 0 Å². The zero-order valence-corrected chi connectivity index (χ0v) is 11.7. The molecule has 0 N–H and O–H groups in total. The van der Waals surface area contributed by atoms with Gasteiger partial charge in [-0.2, -0.15) is 0 Å². The van der Waals surface area contributed by atoms with Gasteiger partial charge >= 0.3 is 0 Å².